The van der Waals surface area contributed by atoms with E-state index < -0.39 is 11.4 Å². The Balaban J connectivity index is 1.76. The van der Waals surface area contributed by atoms with Gasteiger partial charge in [0.25, 0.3) is 5.91 Å². The van der Waals surface area contributed by atoms with E-state index in [1.165, 1.54) is 0 Å². The van der Waals surface area contributed by atoms with Crippen LogP contribution in [0.2, 0.25) is 0 Å². The molecule has 7 nitrogen and oxygen atoms in total. The first-order valence-electron chi connectivity index (χ1n) is 8.50. The number of urea groups is 1. The number of benzene rings is 1. The largest absolute Gasteiger partial charge is 0.481 e. The van der Waals surface area contributed by atoms with Gasteiger partial charge in [-0.15, -0.1) is 0 Å². The van der Waals surface area contributed by atoms with Gasteiger partial charge in [-0.2, -0.15) is 0 Å². The molecule has 0 bridgehead atoms. The average Bonchev–Trinajstić information content (AvgIpc) is 3.14. The third-order valence-electron chi connectivity index (χ3n) is 5.63. The summed E-state index contributed by atoms with van der Waals surface area (Å²) < 4.78 is 0. The Kier molecular flexibility index (Phi) is 4.41. The Morgan fingerprint density at radius 1 is 1.32 bits per heavy atom. The molecular formula is C18H23N3O4. The molecule has 7 heteroatoms. The first kappa shape index (κ1) is 17.3. The molecule has 0 radical (unpaired) electrons. The van der Waals surface area contributed by atoms with Gasteiger partial charge in [0.15, 0.2) is 0 Å². The van der Waals surface area contributed by atoms with Crippen LogP contribution >= 0.6 is 0 Å². The number of aliphatic carboxylic acids is 1. The highest BCUT2D eigenvalue weighted by atomic mass is 16.4. The number of fused-ring (bicyclic) bond motifs is 1. The first-order valence-corrected chi connectivity index (χ1v) is 8.50. The van der Waals surface area contributed by atoms with Crippen LogP contribution in [-0.2, 0) is 4.79 Å². The molecule has 3 N–H and O–H groups in total. The minimum absolute atomic E-state index is 0.0223. The fourth-order valence-corrected chi connectivity index (χ4v) is 4.14. The van der Waals surface area contributed by atoms with Crippen molar-refractivity contribution in [1.82, 2.24) is 10.2 Å². The summed E-state index contributed by atoms with van der Waals surface area (Å²) in [5.41, 5.74) is 0.951. The van der Waals surface area contributed by atoms with Crippen molar-refractivity contribution in [2.24, 2.45) is 11.3 Å². The zero-order chi connectivity index (χ0) is 18.2. The van der Waals surface area contributed by atoms with Crippen LogP contribution in [-0.4, -0.2) is 48.1 Å². The summed E-state index contributed by atoms with van der Waals surface area (Å²) >= 11 is 0. The minimum atomic E-state index is -0.803. The number of likely N-dealkylation sites (tertiary alicyclic amines) is 1. The second-order valence-electron chi connectivity index (χ2n) is 6.92. The van der Waals surface area contributed by atoms with E-state index in [4.69, 9.17) is 0 Å². The molecule has 3 amide bonds. The molecule has 1 heterocycles. The molecule has 3 rings (SSSR count). The van der Waals surface area contributed by atoms with Gasteiger partial charge in [0.2, 0.25) is 0 Å². The molecule has 1 aromatic rings. The third-order valence-corrected chi connectivity index (χ3v) is 5.63. The maximum atomic E-state index is 12.6. The Morgan fingerprint density at radius 3 is 2.72 bits per heavy atom. The van der Waals surface area contributed by atoms with E-state index in [9.17, 15) is 19.5 Å². The van der Waals surface area contributed by atoms with Gasteiger partial charge in [0.05, 0.1) is 5.41 Å². The van der Waals surface area contributed by atoms with Crippen LogP contribution in [0.1, 0.15) is 35.2 Å². The van der Waals surface area contributed by atoms with Crippen LogP contribution < -0.4 is 10.6 Å². The van der Waals surface area contributed by atoms with Crippen molar-refractivity contribution in [2.75, 3.05) is 25.5 Å². The number of hydrogen-bond donors (Lipinski definition) is 3. The number of nitrogens with one attached hydrogen (secondary N) is 2. The number of carbonyl (C=O) groups excluding carboxylic acids is 2. The number of amides is 3. The quantitative estimate of drug-likeness (QED) is 0.781. The van der Waals surface area contributed by atoms with Crippen molar-refractivity contribution in [3.63, 3.8) is 0 Å². The average molecular weight is 345 g/mol. The maximum Gasteiger partial charge on any atom is 0.321 e. The smallest absolute Gasteiger partial charge is 0.321 e. The first-order chi connectivity index (χ1) is 11.9. The Hall–Kier alpha value is -2.57. The third kappa shape index (κ3) is 2.83. The second-order valence-corrected chi connectivity index (χ2v) is 6.92. The summed E-state index contributed by atoms with van der Waals surface area (Å²) in [6.45, 7) is 2.48. The summed E-state index contributed by atoms with van der Waals surface area (Å²) in [7, 11) is 1.56. The van der Waals surface area contributed by atoms with Gasteiger partial charge in [-0.3, -0.25) is 9.59 Å². The lowest BCUT2D eigenvalue weighted by Gasteiger charge is -2.23. The molecule has 1 saturated carbocycles. The highest BCUT2D eigenvalue weighted by Gasteiger charge is 2.55. The van der Waals surface area contributed by atoms with E-state index in [-0.39, 0.29) is 24.4 Å². The molecule has 1 saturated heterocycles. The number of anilines is 1. The van der Waals surface area contributed by atoms with Crippen molar-refractivity contribution < 1.29 is 19.5 Å². The van der Waals surface area contributed by atoms with Gasteiger partial charge in [-0.1, -0.05) is 12.5 Å². The molecular weight excluding hydrogens is 322 g/mol. The number of rotatable bonds is 3. The molecule has 1 aliphatic heterocycles. The molecule has 0 unspecified atom stereocenters. The molecule has 1 aliphatic carbocycles. The van der Waals surface area contributed by atoms with E-state index in [1.54, 1.807) is 37.1 Å². The lowest BCUT2D eigenvalue weighted by Crippen LogP contribution is -2.38. The number of carboxylic acids is 1. The number of carboxylic acid groups (broad SMARTS) is 1. The van der Waals surface area contributed by atoms with E-state index >= 15 is 0 Å². The van der Waals surface area contributed by atoms with E-state index in [0.29, 0.717) is 29.8 Å². The molecule has 2 fully saturated rings. The highest BCUT2D eigenvalue weighted by Crippen LogP contribution is 2.48. The van der Waals surface area contributed by atoms with Crippen LogP contribution in [0.15, 0.2) is 18.2 Å². The fourth-order valence-electron chi connectivity index (χ4n) is 4.14. The van der Waals surface area contributed by atoms with Crippen LogP contribution in [0.3, 0.4) is 0 Å². The topological polar surface area (TPSA) is 98.7 Å². The summed E-state index contributed by atoms with van der Waals surface area (Å²) in [4.78, 5) is 37.8. The Labute approximate surface area is 146 Å². The summed E-state index contributed by atoms with van der Waals surface area (Å²) in [5, 5.41) is 15.0. The lowest BCUT2D eigenvalue weighted by molar-refractivity contribution is -0.149. The second kappa shape index (κ2) is 6.38. The minimum Gasteiger partial charge on any atom is -0.481 e. The molecule has 1 aromatic carbocycles. The standard InChI is InChI=1S/C18H23N3O4/c1-11-13(15(22)19-2)6-3-7-14(11)20-17(25)21-9-12-5-4-8-18(12,10-21)16(23)24/h3,6-7,12H,4-5,8-10H2,1-2H3,(H,19,22)(H,20,25)(H,23,24)/t12-,18+/m0/s1. The molecule has 2 atom stereocenters. The van der Waals surface area contributed by atoms with Crippen molar-refractivity contribution in [2.45, 2.75) is 26.2 Å². The van der Waals surface area contributed by atoms with Crippen molar-refractivity contribution in [1.29, 1.82) is 0 Å². The molecule has 0 aromatic heterocycles. The summed E-state index contributed by atoms with van der Waals surface area (Å²) in [5.74, 6) is -0.994. The van der Waals surface area contributed by atoms with Crippen LogP contribution in [0.25, 0.3) is 0 Å². The summed E-state index contributed by atoms with van der Waals surface area (Å²) in [6, 6.07) is 4.84. The van der Waals surface area contributed by atoms with Gasteiger partial charge < -0.3 is 20.6 Å². The number of carbonyl (C=O) groups is 3. The van der Waals surface area contributed by atoms with Crippen molar-refractivity contribution in [3.05, 3.63) is 29.3 Å². The van der Waals surface area contributed by atoms with Gasteiger partial charge in [0, 0.05) is 31.4 Å². The van der Waals surface area contributed by atoms with Gasteiger partial charge >= 0.3 is 12.0 Å². The van der Waals surface area contributed by atoms with E-state index in [2.05, 4.69) is 10.6 Å². The molecule has 0 spiro atoms. The molecule has 25 heavy (non-hydrogen) atoms. The Morgan fingerprint density at radius 2 is 2.08 bits per heavy atom. The fraction of sp³-hybridized carbons (Fsp3) is 0.500. The van der Waals surface area contributed by atoms with Gasteiger partial charge in [0.1, 0.15) is 0 Å². The van der Waals surface area contributed by atoms with Crippen molar-refractivity contribution in [3.8, 4) is 0 Å². The predicted molar refractivity (Wildman–Crippen MR) is 92.6 cm³/mol. The maximum absolute atomic E-state index is 12.6. The van der Waals surface area contributed by atoms with Gasteiger partial charge in [-0.05, 0) is 43.4 Å². The zero-order valence-corrected chi connectivity index (χ0v) is 14.5. The predicted octanol–water partition coefficient (Wildman–Crippen LogP) is 2.07. The van der Waals surface area contributed by atoms with Crippen LogP contribution in [0.4, 0.5) is 10.5 Å². The summed E-state index contributed by atoms with van der Waals surface area (Å²) in [6.07, 6.45) is 2.38. The van der Waals surface area contributed by atoms with Crippen LogP contribution in [0.5, 0.6) is 0 Å². The van der Waals surface area contributed by atoms with E-state index in [0.717, 1.165) is 12.8 Å². The Bertz CT molecular complexity index is 733. The molecule has 2 aliphatic rings. The monoisotopic (exact) mass is 345 g/mol. The molecule has 134 valence electrons. The van der Waals surface area contributed by atoms with Crippen molar-refractivity contribution >= 4 is 23.6 Å². The number of hydrogen-bond acceptors (Lipinski definition) is 3. The SMILES string of the molecule is CNC(=O)c1cccc(NC(=O)N2C[C@@H]3CCC[C@@]3(C(=O)O)C2)c1C. The van der Waals surface area contributed by atoms with Gasteiger partial charge in [-0.25, -0.2) is 4.79 Å². The zero-order valence-electron chi connectivity index (χ0n) is 14.5. The normalized spacial score (nSPS) is 24.7. The van der Waals surface area contributed by atoms with E-state index in [1.807, 2.05) is 0 Å². The lowest BCUT2D eigenvalue weighted by atomic mass is 9.81. The highest BCUT2D eigenvalue weighted by molar-refractivity contribution is 5.99. The van der Waals surface area contributed by atoms with Crippen LogP contribution in [0, 0.1) is 18.3 Å². The number of nitrogens with zero attached hydrogens (tertiary/aromatic N) is 1.